The van der Waals surface area contributed by atoms with Crippen LogP contribution in [0.2, 0.25) is 0 Å². The predicted molar refractivity (Wildman–Crippen MR) is 86.7 cm³/mol. The van der Waals surface area contributed by atoms with Gasteiger partial charge in [-0.25, -0.2) is 0 Å². The summed E-state index contributed by atoms with van der Waals surface area (Å²) in [6.45, 7) is 14.0. The molecule has 0 aromatic rings. The Bertz CT molecular complexity index is 407. The second kappa shape index (κ2) is 7.11. The van der Waals surface area contributed by atoms with Crippen LogP contribution in [0.5, 0.6) is 0 Å². The van der Waals surface area contributed by atoms with Crippen molar-refractivity contribution in [2.75, 3.05) is 39.8 Å². The third-order valence-corrected chi connectivity index (χ3v) is 4.92. The van der Waals surface area contributed by atoms with Crippen molar-refractivity contribution < 1.29 is 14.3 Å². The fourth-order valence-electron chi connectivity index (χ4n) is 2.81. The SMILES string of the molecule is C=CC(C)(OC1CN(C(=O)CC2CN(C)CCO2)C1)C(C)C. The van der Waals surface area contributed by atoms with Crippen LogP contribution in [0, 0.1) is 5.92 Å². The summed E-state index contributed by atoms with van der Waals surface area (Å²) in [7, 11) is 2.07. The quantitative estimate of drug-likeness (QED) is 0.698. The van der Waals surface area contributed by atoms with Crippen molar-refractivity contribution in [1.82, 2.24) is 9.80 Å². The number of morpholine rings is 1. The van der Waals surface area contributed by atoms with E-state index in [2.05, 4.69) is 39.3 Å². The number of nitrogens with zero attached hydrogens (tertiary/aromatic N) is 2. The van der Waals surface area contributed by atoms with E-state index in [1.807, 2.05) is 11.0 Å². The number of hydrogen-bond acceptors (Lipinski definition) is 4. The molecule has 2 rings (SSSR count). The average Bonchev–Trinajstić information content (AvgIpc) is 2.41. The summed E-state index contributed by atoms with van der Waals surface area (Å²) in [5, 5.41) is 0. The van der Waals surface area contributed by atoms with E-state index in [1.54, 1.807) is 0 Å². The normalized spacial score (nSPS) is 26.6. The molecule has 2 fully saturated rings. The first-order valence-electron chi connectivity index (χ1n) is 8.23. The highest BCUT2D eigenvalue weighted by molar-refractivity contribution is 5.77. The van der Waals surface area contributed by atoms with Crippen molar-refractivity contribution in [3.05, 3.63) is 12.7 Å². The number of amides is 1. The maximum absolute atomic E-state index is 12.3. The molecule has 0 aromatic carbocycles. The van der Waals surface area contributed by atoms with E-state index in [1.165, 1.54) is 0 Å². The van der Waals surface area contributed by atoms with E-state index in [9.17, 15) is 4.79 Å². The van der Waals surface area contributed by atoms with Gasteiger partial charge >= 0.3 is 0 Å². The summed E-state index contributed by atoms with van der Waals surface area (Å²) in [6, 6.07) is 0. The molecule has 22 heavy (non-hydrogen) atoms. The van der Waals surface area contributed by atoms with E-state index < -0.39 is 0 Å². The van der Waals surface area contributed by atoms with Gasteiger partial charge in [-0.1, -0.05) is 19.9 Å². The Kier molecular flexibility index (Phi) is 5.64. The van der Waals surface area contributed by atoms with Gasteiger partial charge in [0.2, 0.25) is 5.91 Å². The van der Waals surface area contributed by atoms with Crippen LogP contribution >= 0.6 is 0 Å². The molecule has 0 aliphatic carbocycles. The molecule has 2 atom stereocenters. The highest BCUT2D eigenvalue weighted by Gasteiger charge is 2.38. The second-order valence-corrected chi connectivity index (χ2v) is 7.04. The van der Waals surface area contributed by atoms with Gasteiger partial charge in [0.25, 0.3) is 0 Å². The van der Waals surface area contributed by atoms with Gasteiger partial charge < -0.3 is 19.3 Å². The van der Waals surface area contributed by atoms with E-state index >= 15 is 0 Å². The lowest BCUT2D eigenvalue weighted by Crippen LogP contribution is -2.58. The Morgan fingerprint density at radius 1 is 1.45 bits per heavy atom. The van der Waals surface area contributed by atoms with E-state index in [-0.39, 0.29) is 23.7 Å². The van der Waals surface area contributed by atoms with Crippen molar-refractivity contribution in [3.8, 4) is 0 Å². The fourth-order valence-corrected chi connectivity index (χ4v) is 2.81. The van der Waals surface area contributed by atoms with Gasteiger partial charge in [-0.15, -0.1) is 6.58 Å². The molecular weight excluding hydrogens is 280 g/mol. The molecule has 2 aliphatic rings. The minimum Gasteiger partial charge on any atom is -0.375 e. The number of rotatable bonds is 6. The number of carbonyl (C=O) groups is 1. The molecule has 2 aliphatic heterocycles. The first-order valence-corrected chi connectivity index (χ1v) is 8.23. The summed E-state index contributed by atoms with van der Waals surface area (Å²) in [6.07, 6.45) is 2.48. The van der Waals surface area contributed by atoms with Crippen LogP contribution in [0.15, 0.2) is 12.7 Å². The molecule has 2 heterocycles. The zero-order valence-corrected chi connectivity index (χ0v) is 14.4. The Balaban J connectivity index is 1.74. The first kappa shape index (κ1) is 17.4. The van der Waals surface area contributed by atoms with Gasteiger partial charge in [0, 0.05) is 26.2 Å². The molecular formula is C17H30N2O3. The van der Waals surface area contributed by atoms with Gasteiger partial charge in [0.1, 0.15) is 0 Å². The molecule has 126 valence electrons. The second-order valence-electron chi connectivity index (χ2n) is 7.04. The Hall–Kier alpha value is -0.910. The van der Waals surface area contributed by atoms with Gasteiger partial charge in [-0.05, 0) is 19.9 Å². The maximum Gasteiger partial charge on any atom is 0.225 e. The number of hydrogen-bond donors (Lipinski definition) is 0. The lowest BCUT2D eigenvalue weighted by atomic mass is 9.91. The zero-order valence-electron chi connectivity index (χ0n) is 14.4. The van der Waals surface area contributed by atoms with Crippen molar-refractivity contribution in [2.24, 2.45) is 5.92 Å². The molecule has 0 spiro atoms. The van der Waals surface area contributed by atoms with Gasteiger partial charge in [-0.3, -0.25) is 4.79 Å². The van der Waals surface area contributed by atoms with Crippen LogP contribution in [-0.2, 0) is 14.3 Å². The minimum absolute atomic E-state index is 0.0281. The number of ether oxygens (including phenoxy) is 2. The molecule has 0 N–H and O–H groups in total. The molecule has 5 heteroatoms. The zero-order chi connectivity index (χ0) is 16.3. The maximum atomic E-state index is 12.3. The number of carbonyl (C=O) groups excluding carboxylic acids is 1. The minimum atomic E-state index is -0.324. The fraction of sp³-hybridized carbons (Fsp3) is 0.824. The average molecular weight is 310 g/mol. The van der Waals surface area contributed by atoms with Crippen LogP contribution in [-0.4, -0.2) is 73.3 Å². The molecule has 0 aromatic heterocycles. The lowest BCUT2D eigenvalue weighted by Gasteiger charge is -2.45. The van der Waals surface area contributed by atoms with Gasteiger partial charge in [0.05, 0.1) is 30.8 Å². The number of likely N-dealkylation sites (N-methyl/N-ethyl adjacent to an activating group) is 1. The standard InChI is InChI=1S/C17H30N2O3/c1-6-17(4,13(2)3)22-15-11-19(12-15)16(20)9-14-10-18(5)7-8-21-14/h6,13-15H,1,7-12H2,2-5H3. The smallest absolute Gasteiger partial charge is 0.225 e. The predicted octanol–water partition coefficient (Wildman–Crippen LogP) is 1.54. The van der Waals surface area contributed by atoms with Gasteiger partial charge in [0.15, 0.2) is 0 Å². The Morgan fingerprint density at radius 2 is 2.14 bits per heavy atom. The molecule has 2 saturated heterocycles. The molecule has 1 amide bonds. The molecule has 2 unspecified atom stereocenters. The van der Waals surface area contributed by atoms with Crippen LogP contribution in [0.25, 0.3) is 0 Å². The van der Waals surface area contributed by atoms with E-state index in [0.717, 1.165) is 13.1 Å². The Labute approximate surface area is 134 Å². The monoisotopic (exact) mass is 310 g/mol. The van der Waals surface area contributed by atoms with Crippen LogP contribution < -0.4 is 0 Å². The van der Waals surface area contributed by atoms with E-state index in [4.69, 9.17) is 9.47 Å². The van der Waals surface area contributed by atoms with Crippen molar-refractivity contribution in [2.45, 2.75) is 45.0 Å². The van der Waals surface area contributed by atoms with Crippen molar-refractivity contribution in [3.63, 3.8) is 0 Å². The van der Waals surface area contributed by atoms with Gasteiger partial charge in [-0.2, -0.15) is 0 Å². The topological polar surface area (TPSA) is 42.0 Å². The first-order chi connectivity index (χ1) is 10.3. The molecule has 0 bridgehead atoms. The third kappa shape index (κ3) is 4.09. The van der Waals surface area contributed by atoms with E-state index in [0.29, 0.717) is 32.0 Å². The highest BCUT2D eigenvalue weighted by atomic mass is 16.5. The highest BCUT2D eigenvalue weighted by Crippen LogP contribution is 2.28. The molecule has 5 nitrogen and oxygen atoms in total. The summed E-state index contributed by atoms with van der Waals surface area (Å²) in [5.74, 6) is 0.533. The van der Waals surface area contributed by atoms with Crippen molar-refractivity contribution in [1.29, 1.82) is 0 Å². The summed E-state index contributed by atoms with van der Waals surface area (Å²) in [5.41, 5.74) is -0.324. The van der Waals surface area contributed by atoms with Crippen LogP contribution in [0.4, 0.5) is 0 Å². The lowest BCUT2D eigenvalue weighted by molar-refractivity contribution is -0.164. The molecule has 0 saturated carbocycles. The van der Waals surface area contributed by atoms with Crippen LogP contribution in [0.3, 0.4) is 0 Å². The summed E-state index contributed by atoms with van der Waals surface area (Å²) < 4.78 is 11.8. The Morgan fingerprint density at radius 3 is 2.68 bits per heavy atom. The number of likely N-dealkylation sites (tertiary alicyclic amines) is 1. The third-order valence-electron chi connectivity index (χ3n) is 4.92. The van der Waals surface area contributed by atoms with Crippen LogP contribution in [0.1, 0.15) is 27.2 Å². The summed E-state index contributed by atoms with van der Waals surface area (Å²) >= 11 is 0. The largest absolute Gasteiger partial charge is 0.375 e. The summed E-state index contributed by atoms with van der Waals surface area (Å²) in [4.78, 5) is 16.3. The molecule has 0 radical (unpaired) electrons. The van der Waals surface area contributed by atoms with Crippen molar-refractivity contribution >= 4 is 5.91 Å².